The third-order valence-corrected chi connectivity index (χ3v) is 12.8. The van der Waals surface area contributed by atoms with Gasteiger partial charge < -0.3 is 39.4 Å². The van der Waals surface area contributed by atoms with E-state index in [1.165, 1.54) is 167 Å². The molecular formula is C55H102O10. The van der Waals surface area contributed by atoms with Crippen LogP contribution in [0, 0.1) is 0 Å². The third kappa shape index (κ3) is 36.8. The maximum Gasteiger partial charge on any atom is 0.306 e. The van der Waals surface area contributed by atoms with E-state index in [1.807, 2.05) is 0 Å². The summed E-state index contributed by atoms with van der Waals surface area (Å²) in [6.07, 6.45) is 46.1. The highest BCUT2D eigenvalue weighted by atomic mass is 16.7. The van der Waals surface area contributed by atoms with Gasteiger partial charge in [-0.05, 0) is 44.9 Å². The summed E-state index contributed by atoms with van der Waals surface area (Å²) in [5.41, 5.74) is 0. The topological polar surface area (TPSA) is 152 Å². The molecule has 1 aliphatic rings. The predicted molar refractivity (Wildman–Crippen MR) is 266 cm³/mol. The van der Waals surface area contributed by atoms with Gasteiger partial charge in [-0.3, -0.25) is 9.59 Å². The number of rotatable bonds is 47. The van der Waals surface area contributed by atoms with Crippen LogP contribution in [0.2, 0.25) is 0 Å². The molecule has 0 saturated carbocycles. The molecule has 1 aliphatic heterocycles. The number of carbonyl (C=O) groups excluding carboxylic acids is 2. The number of carbonyl (C=O) groups is 2. The fraction of sp³-hybridized carbons (Fsp3) is 0.891. The van der Waals surface area contributed by atoms with Crippen molar-refractivity contribution in [3.8, 4) is 0 Å². The molecule has 4 N–H and O–H groups in total. The Kier molecular flexibility index (Phi) is 43.2. The van der Waals surface area contributed by atoms with Gasteiger partial charge in [0, 0.05) is 12.8 Å². The monoisotopic (exact) mass is 923 g/mol. The smallest absolute Gasteiger partial charge is 0.306 e. The molecule has 1 rings (SSSR count). The van der Waals surface area contributed by atoms with Crippen LogP contribution in [-0.4, -0.2) is 89.0 Å². The average Bonchev–Trinajstić information content (AvgIpc) is 3.30. The van der Waals surface area contributed by atoms with E-state index in [0.717, 1.165) is 57.8 Å². The Morgan fingerprint density at radius 1 is 0.477 bits per heavy atom. The number of ether oxygens (including phenoxy) is 4. The zero-order valence-electron chi connectivity index (χ0n) is 42.0. The molecule has 2 unspecified atom stereocenters. The maximum atomic E-state index is 12.9. The van der Waals surface area contributed by atoms with E-state index in [1.54, 1.807) is 0 Å². The summed E-state index contributed by atoms with van der Waals surface area (Å²) >= 11 is 0. The second-order valence-electron chi connectivity index (χ2n) is 19.0. The van der Waals surface area contributed by atoms with Crippen LogP contribution in [0.5, 0.6) is 0 Å². The van der Waals surface area contributed by atoms with Crippen LogP contribution in [0.3, 0.4) is 0 Å². The number of aliphatic hydroxyl groups is 4. The van der Waals surface area contributed by atoms with Crippen LogP contribution in [-0.2, 0) is 28.5 Å². The highest BCUT2D eigenvalue weighted by molar-refractivity contribution is 5.70. The molecule has 1 fully saturated rings. The summed E-state index contributed by atoms with van der Waals surface area (Å²) in [6, 6.07) is 0. The standard InChI is InChI=1S/C55H102O10/c1-3-5-7-9-11-13-15-17-19-21-23-24-26-28-30-32-34-36-38-40-42-44-51(58)64-48(47-63-55-54(61)53(60)52(59)49(45-56)65-55)46-62-50(57)43-41-39-37-35-33-31-29-27-25-22-20-18-16-14-12-10-8-6-4-2/h12,14,18,20,48-49,52-56,59-61H,3-11,13,15-17,19,21-47H2,1-2H3/b14-12+,20-18+/t48-,49-,52+,53?,54?,55-/m1/s1. The fourth-order valence-corrected chi connectivity index (χ4v) is 8.52. The number of aliphatic hydroxyl groups excluding tert-OH is 4. The van der Waals surface area contributed by atoms with Crippen LogP contribution in [0.4, 0.5) is 0 Å². The summed E-state index contributed by atoms with van der Waals surface area (Å²) in [5, 5.41) is 40.3. The fourth-order valence-electron chi connectivity index (χ4n) is 8.52. The molecule has 0 radical (unpaired) electrons. The Balaban J connectivity index is 2.22. The third-order valence-electron chi connectivity index (χ3n) is 12.8. The molecule has 0 aromatic rings. The molecule has 382 valence electrons. The Labute approximate surface area is 398 Å². The summed E-state index contributed by atoms with van der Waals surface area (Å²) in [7, 11) is 0. The van der Waals surface area contributed by atoms with Crippen LogP contribution in [0.15, 0.2) is 24.3 Å². The first-order chi connectivity index (χ1) is 31.8. The Morgan fingerprint density at radius 2 is 0.862 bits per heavy atom. The van der Waals surface area contributed by atoms with Gasteiger partial charge in [0.25, 0.3) is 0 Å². The molecule has 0 amide bonds. The zero-order valence-corrected chi connectivity index (χ0v) is 42.0. The lowest BCUT2D eigenvalue weighted by Crippen LogP contribution is -2.59. The Hall–Kier alpha value is -1.82. The van der Waals surface area contributed by atoms with Gasteiger partial charge in [-0.2, -0.15) is 0 Å². The van der Waals surface area contributed by atoms with E-state index < -0.39 is 49.4 Å². The normalized spacial score (nSPS) is 19.4. The second kappa shape index (κ2) is 45.9. The zero-order chi connectivity index (χ0) is 47.3. The van der Waals surface area contributed by atoms with Crippen molar-refractivity contribution in [2.24, 2.45) is 0 Å². The number of unbranched alkanes of at least 4 members (excludes halogenated alkanes) is 32. The first-order valence-corrected chi connectivity index (χ1v) is 27.4. The van der Waals surface area contributed by atoms with Gasteiger partial charge in [0.05, 0.1) is 13.2 Å². The van der Waals surface area contributed by atoms with Gasteiger partial charge in [0.15, 0.2) is 12.4 Å². The average molecular weight is 923 g/mol. The molecule has 10 heteroatoms. The molecule has 1 heterocycles. The lowest BCUT2D eigenvalue weighted by Gasteiger charge is -2.39. The van der Waals surface area contributed by atoms with Gasteiger partial charge in [0.1, 0.15) is 31.0 Å². The minimum Gasteiger partial charge on any atom is -0.462 e. The molecule has 0 aliphatic carbocycles. The van der Waals surface area contributed by atoms with E-state index in [4.69, 9.17) is 18.9 Å². The van der Waals surface area contributed by atoms with Crippen molar-refractivity contribution >= 4 is 11.9 Å². The lowest BCUT2D eigenvalue weighted by molar-refractivity contribution is -0.305. The van der Waals surface area contributed by atoms with Gasteiger partial charge >= 0.3 is 11.9 Å². The molecule has 0 aromatic heterocycles. The minimum atomic E-state index is -1.59. The quantitative estimate of drug-likeness (QED) is 0.0264. The summed E-state index contributed by atoms with van der Waals surface area (Å²) in [4.78, 5) is 25.5. The number of hydrogen-bond acceptors (Lipinski definition) is 10. The molecule has 0 spiro atoms. The predicted octanol–water partition coefficient (Wildman–Crippen LogP) is 13.2. The molecule has 65 heavy (non-hydrogen) atoms. The van der Waals surface area contributed by atoms with Crippen molar-refractivity contribution in [1.29, 1.82) is 0 Å². The highest BCUT2D eigenvalue weighted by Gasteiger charge is 2.44. The van der Waals surface area contributed by atoms with Crippen molar-refractivity contribution in [2.45, 2.75) is 295 Å². The summed E-state index contributed by atoms with van der Waals surface area (Å²) < 4.78 is 22.3. The molecule has 0 bridgehead atoms. The van der Waals surface area contributed by atoms with Crippen LogP contribution < -0.4 is 0 Å². The van der Waals surface area contributed by atoms with Crippen molar-refractivity contribution in [3.05, 3.63) is 24.3 Å². The van der Waals surface area contributed by atoms with Gasteiger partial charge in [-0.25, -0.2) is 0 Å². The lowest BCUT2D eigenvalue weighted by atomic mass is 9.99. The van der Waals surface area contributed by atoms with Crippen LogP contribution in [0.1, 0.15) is 258 Å². The van der Waals surface area contributed by atoms with Gasteiger partial charge in [-0.15, -0.1) is 0 Å². The van der Waals surface area contributed by atoms with Crippen molar-refractivity contribution in [3.63, 3.8) is 0 Å². The van der Waals surface area contributed by atoms with Crippen LogP contribution in [0.25, 0.3) is 0 Å². The van der Waals surface area contributed by atoms with Crippen LogP contribution >= 0.6 is 0 Å². The Morgan fingerprint density at radius 3 is 1.31 bits per heavy atom. The SMILES string of the molecule is CCCCC/C=C/C/C=C/CCCCCCCCCCCC(=O)OC[C@H](CO[C@@H]1O[C@H](CO)[C@H](O)C(O)C1O)OC(=O)CCCCCCCCCCCCCCCCCCCCCCC. The second-order valence-corrected chi connectivity index (χ2v) is 19.0. The number of allylic oxidation sites excluding steroid dienone is 4. The molecule has 10 nitrogen and oxygen atoms in total. The van der Waals surface area contributed by atoms with Crippen molar-refractivity contribution in [1.82, 2.24) is 0 Å². The van der Waals surface area contributed by atoms with Crippen molar-refractivity contribution in [2.75, 3.05) is 19.8 Å². The van der Waals surface area contributed by atoms with Crippen molar-refractivity contribution < 1.29 is 49.0 Å². The molecular weight excluding hydrogens is 821 g/mol. The maximum absolute atomic E-state index is 12.9. The van der Waals surface area contributed by atoms with E-state index in [-0.39, 0.29) is 32.0 Å². The van der Waals surface area contributed by atoms with E-state index in [0.29, 0.717) is 6.42 Å². The van der Waals surface area contributed by atoms with Gasteiger partial charge in [0.2, 0.25) is 0 Å². The van der Waals surface area contributed by atoms with E-state index >= 15 is 0 Å². The van der Waals surface area contributed by atoms with E-state index in [2.05, 4.69) is 38.2 Å². The summed E-state index contributed by atoms with van der Waals surface area (Å²) in [6.45, 7) is 3.45. The first-order valence-electron chi connectivity index (χ1n) is 27.4. The largest absolute Gasteiger partial charge is 0.462 e. The number of hydrogen-bond donors (Lipinski definition) is 4. The molecule has 0 aromatic carbocycles. The molecule has 1 saturated heterocycles. The minimum absolute atomic E-state index is 0.215. The number of esters is 2. The first kappa shape index (κ1) is 61.2. The van der Waals surface area contributed by atoms with E-state index in [9.17, 15) is 30.0 Å². The summed E-state index contributed by atoms with van der Waals surface area (Å²) in [5.74, 6) is -0.796. The highest BCUT2D eigenvalue weighted by Crippen LogP contribution is 2.23. The van der Waals surface area contributed by atoms with Gasteiger partial charge in [-0.1, -0.05) is 224 Å². The Bertz CT molecular complexity index is 1110. The molecule has 6 atom stereocenters.